The lowest BCUT2D eigenvalue weighted by molar-refractivity contribution is 0.501. The van der Waals surface area contributed by atoms with Gasteiger partial charge >= 0.3 is 0 Å². The second-order valence-corrected chi connectivity index (χ2v) is 5.17. The molecule has 2 heterocycles. The summed E-state index contributed by atoms with van der Waals surface area (Å²) in [4.78, 5) is 0. The molecule has 2 aromatic rings. The van der Waals surface area contributed by atoms with Gasteiger partial charge in [0.1, 0.15) is 0 Å². The number of aromatic amines is 1. The Kier molecular flexibility index (Phi) is 5.14. The molecule has 2 aromatic heterocycles. The highest BCUT2D eigenvalue weighted by molar-refractivity contribution is 6.31. The molecule has 0 amide bonds. The average Bonchev–Trinajstić information content (AvgIpc) is 3.05. The van der Waals surface area contributed by atoms with E-state index in [1.807, 2.05) is 11.7 Å². The van der Waals surface area contributed by atoms with E-state index in [9.17, 15) is 0 Å². The minimum Gasteiger partial charge on any atom is -0.308 e. The largest absolute Gasteiger partial charge is 0.308 e. The molecule has 0 bridgehead atoms. The van der Waals surface area contributed by atoms with Crippen molar-refractivity contribution in [3.05, 3.63) is 28.3 Å². The van der Waals surface area contributed by atoms with Gasteiger partial charge in [-0.25, -0.2) is 0 Å². The number of aryl methyl sites for hydroxylation is 2. The van der Waals surface area contributed by atoms with Gasteiger partial charge in [-0.05, 0) is 19.4 Å². The highest BCUT2D eigenvalue weighted by Gasteiger charge is 2.20. The van der Waals surface area contributed by atoms with E-state index in [4.69, 9.17) is 11.6 Å². The van der Waals surface area contributed by atoms with Gasteiger partial charge in [-0.3, -0.25) is 4.68 Å². The first kappa shape index (κ1) is 15.0. The Morgan fingerprint density at radius 3 is 2.80 bits per heavy atom. The molecule has 0 aromatic carbocycles. The zero-order chi connectivity index (χ0) is 14.5. The first-order valence-corrected chi connectivity index (χ1v) is 7.34. The molecule has 7 heteroatoms. The van der Waals surface area contributed by atoms with Crippen molar-refractivity contribution in [2.75, 3.05) is 6.54 Å². The number of rotatable bonds is 7. The molecule has 6 nitrogen and oxygen atoms in total. The van der Waals surface area contributed by atoms with Crippen LogP contribution in [0.15, 0.2) is 6.20 Å². The average molecular weight is 297 g/mol. The monoisotopic (exact) mass is 296 g/mol. The van der Waals surface area contributed by atoms with Crippen molar-refractivity contribution in [1.29, 1.82) is 0 Å². The van der Waals surface area contributed by atoms with Gasteiger partial charge < -0.3 is 5.32 Å². The van der Waals surface area contributed by atoms with E-state index in [-0.39, 0.29) is 6.04 Å². The quantitative estimate of drug-likeness (QED) is 0.820. The van der Waals surface area contributed by atoms with E-state index < -0.39 is 0 Å². The molecule has 0 aliphatic carbocycles. The smallest absolute Gasteiger partial charge is 0.0997 e. The fourth-order valence-corrected chi connectivity index (χ4v) is 2.58. The Bertz CT molecular complexity index is 533. The molecule has 0 radical (unpaired) electrons. The number of aromatic nitrogens is 5. The predicted molar refractivity (Wildman–Crippen MR) is 78.7 cm³/mol. The fraction of sp³-hybridized carbons (Fsp3) is 0.615. The summed E-state index contributed by atoms with van der Waals surface area (Å²) in [5.74, 6) is 0. The Morgan fingerprint density at radius 1 is 1.45 bits per heavy atom. The number of H-pyrrole nitrogens is 1. The van der Waals surface area contributed by atoms with E-state index >= 15 is 0 Å². The summed E-state index contributed by atoms with van der Waals surface area (Å²) in [6.45, 7) is 5.12. The Labute approximate surface area is 123 Å². The van der Waals surface area contributed by atoms with E-state index in [1.165, 1.54) is 0 Å². The highest BCUT2D eigenvalue weighted by atomic mass is 35.5. The molecule has 2 rings (SSSR count). The third-order valence-corrected chi connectivity index (χ3v) is 3.77. The first-order valence-electron chi connectivity index (χ1n) is 6.96. The van der Waals surface area contributed by atoms with E-state index in [2.05, 4.69) is 39.7 Å². The van der Waals surface area contributed by atoms with Crippen LogP contribution < -0.4 is 5.32 Å². The molecule has 0 saturated carbocycles. The van der Waals surface area contributed by atoms with Crippen LogP contribution in [-0.4, -0.2) is 31.7 Å². The van der Waals surface area contributed by atoms with Crippen LogP contribution in [0, 0.1) is 0 Å². The summed E-state index contributed by atoms with van der Waals surface area (Å²) < 4.78 is 1.86. The van der Waals surface area contributed by atoms with Gasteiger partial charge in [0.2, 0.25) is 0 Å². The molecule has 0 aliphatic heterocycles. The SMILES string of the molecule is CCCNC(Cc1c(Cl)c(CC)nn1C)c1cn[nH]n1. The maximum absolute atomic E-state index is 6.41. The van der Waals surface area contributed by atoms with Crippen molar-refractivity contribution in [3.8, 4) is 0 Å². The standard InChI is InChI=1S/C13H21ClN6/c1-4-6-15-10(11-8-16-19-17-11)7-12-13(14)9(5-2)18-20(12)3/h8,10,15H,4-7H2,1-3H3,(H,16,17,19). The highest BCUT2D eigenvalue weighted by Crippen LogP contribution is 2.25. The first-order chi connectivity index (χ1) is 9.67. The second kappa shape index (κ2) is 6.85. The van der Waals surface area contributed by atoms with E-state index in [0.29, 0.717) is 0 Å². The van der Waals surface area contributed by atoms with Gasteiger partial charge in [0, 0.05) is 13.5 Å². The van der Waals surface area contributed by atoms with Crippen molar-refractivity contribution in [2.24, 2.45) is 7.05 Å². The van der Waals surface area contributed by atoms with E-state index in [1.54, 1.807) is 6.20 Å². The number of hydrogen-bond donors (Lipinski definition) is 2. The van der Waals surface area contributed by atoms with Crippen LogP contribution >= 0.6 is 11.6 Å². The molecule has 0 fully saturated rings. The van der Waals surface area contributed by atoms with Crippen LogP contribution in [0.1, 0.15) is 43.4 Å². The van der Waals surface area contributed by atoms with Crippen molar-refractivity contribution in [1.82, 2.24) is 30.5 Å². The molecule has 20 heavy (non-hydrogen) atoms. The second-order valence-electron chi connectivity index (χ2n) is 4.79. The lowest BCUT2D eigenvalue weighted by atomic mass is 10.1. The number of halogens is 1. The summed E-state index contributed by atoms with van der Waals surface area (Å²) in [5, 5.41) is 19.4. The van der Waals surface area contributed by atoms with Crippen molar-refractivity contribution in [3.63, 3.8) is 0 Å². The van der Waals surface area contributed by atoms with Crippen LogP contribution in [0.25, 0.3) is 0 Å². The summed E-state index contributed by atoms with van der Waals surface area (Å²) in [6.07, 6.45) is 4.39. The van der Waals surface area contributed by atoms with Gasteiger partial charge in [-0.1, -0.05) is 25.4 Å². The number of nitrogens with zero attached hydrogens (tertiary/aromatic N) is 4. The molecule has 1 unspecified atom stereocenters. The van der Waals surface area contributed by atoms with Gasteiger partial charge in [0.15, 0.2) is 0 Å². The molecule has 0 aliphatic rings. The fourth-order valence-electron chi connectivity index (χ4n) is 2.21. The molecule has 0 spiro atoms. The Balaban J connectivity index is 2.21. The maximum Gasteiger partial charge on any atom is 0.0997 e. The van der Waals surface area contributed by atoms with Crippen LogP contribution in [-0.2, 0) is 19.9 Å². The summed E-state index contributed by atoms with van der Waals surface area (Å²) in [7, 11) is 1.93. The third-order valence-electron chi connectivity index (χ3n) is 3.33. The lowest BCUT2D eigenvalue weighted by Gasteiger charge is -2.16. The lowest BCUT2D eigenvalue weighted by Crippen LogP contribution is -2.25. The third kappa shape index (κ3) is 3.19. The zero-order valence-corrected chi connectivity index (χ0v) is 12.9. The van der Waals surface area contributed by atoms with Gasteiger partial charge in [-0.2, -0.15) is 20.5 Å². The van der Waals surface area contributed by atoms with Crippen molar-refractivity contribution in [2.45, 2.75) is 39.2 Å². The van der Waals surface area contributed by atoms with Crippen LogP contribution in [0.3, 0.4) is 0 Å². The van der Waals surface area contributed by atoms with Crippen molar-refractivity contribution < 1.29 is 0 Å². The summed E-state index contributed by atoms with van der Waals surface area (Å²) in [6, 6.07) is 0.0892. The summed E-state index contributed by atoms with van der Waals surface area (Å²) in [5.41, 5.74) is 2.87. The zero-order valence-electron chi connectivity index (χ0n) is 12.1. The molecule has 110 valence electrons. The minimum absolute atomic E-state index is 0.0892. The Hall–Kier alpha value is -1.40. The van der Waals surface area contributed by atoms with Crippen molar-refractivity contribution >= 4 is 11.6 Å². The molecule has 2 N–H and O–H groups in total. The van der Waals surface area contributed by atoms with Gasteiger partial charge in [0.25, 0.3) is 0 Å². The molecule has 0 saturated heterocycles. The number of hydrogen-bond acceptors (Lipinski definition) is 4. The van der Waals surface area contributed by atoms with E-state index in [0.717, 1.165) is 47.9 Å². The summed E-state index contributed by atoms with van der Waals surface area (Å²) >= 11 is 6.41. The number of nitrogens with one attached hydrogen (secondary N) is 2. The molecular weight excluding hydrogens is 276 g/mol. The molecule has 1 atom stereocenters. The maximum atomic E-state index is 6.41. The predicted octanol–water partition coefficient (Wildman–Crippen LogP) is 2.04. The minimum atomic E-state index is 0.0892. The van der Waals surface area contributed by atoms with Crippen LogP contribution in [0.4, 0.5) is 0 Å². The van der Waals surface area contributed by atoms with Gasteiger partial charge in [-0.15, -0.1) is 0 Å². The molecular formula is C13H21ClN6. The van der Waals surface area contributed by atoms with Crippen LogP contribution in [0.2, 0.25) is 5.02 Å². The normalized spacial score (nSPS) is 12.8. The topological polar surface area (TPSA) is 71.4 Å². The van der Waals surface area contributed by atoms with Gasteiger partial charge in [0.05, 0.1) is 34.3 Å². The van der Waals surface area contributed by atoms with Crippen LogP contribution in [0.5, 0.6) is 0 Å². The Morgan fingerprint density at radius 2 is 2.25 bits per heavy atom.